The molecule has 2 heterocycles. The van der Waals surface area contributed by atoms with E-state index in [2.05, 4.69) is 73.2 Å². The van der Waals surface area contributed by atoms with E-state index in [0.29, 0.717) is 6.54 Å². The Morgan fingerprint density at radius 2 is 1.88 bits per heavy atom. The van der Waals surface area contributed by atoms with Crippen molar-refractivity contribution in [3.8, 4) is 0 Å². The van der Waals surface area contributed by atoms with Crippen molar-refractivity contribution in [1.29, 1.82) is 0 Å². The fraction of sp³-hybridized carbons (Fsp3) is 0.500. The summed E-state index contributed by atoms with van der Waals surface area (Å²) in [5.74, 6) is 0. The van der Waals surface area contributed by atoms with Gasteiger partial charge in [0, 0.05) is 51.2 Å². The summed E-state index contributed by atoms with van der Waals surface area (Å²) in [5.41, 5.74) is 6.77. The molecule has 1 aliphatic rings. The van der Waals surface area contributed by atoms with E-state index in [9.17, 15) is 4.79 Å². The number of likely N-dealkylation sites (N-methyl/N-ethyl adjacent to an activating group) is 2. The smallest absolute Gasteiger partial charge is 0.410 e. The summed E-state index contributed by atoms with van der Waals surface area (Å²) < 4.78 is 5.46. The molecule has 0 atom stereocenters. The molecule has 6 nitrogen and oxygen atoms in total. The molecule has 0 radical (unpaired) electrons. The summed E-state index contributed by atoms with van der Waals surface area (Å²) in [7, 11) is 3.87. The quantitative estimate of drug-likeness (QED) is 0.557. The second kappa shape index (κ2) is 11.0. The molecule has 184 valence electrons. The highest BCUT2D eigenvalue weighted by molar-refractivity contribution is 5.69. The zero-order valence-electron chi connectivity index (χ0n) is 21.9. The van der Waals surface area contributed by atoms with Gasteiger partial charge in [0.05, 0.1) is 5.69 Å². The first kappa shape index (κ1) is 25.8. The number of benzene rings is 1. The topological polar surface area (TPSA) is 48.9 Å². The van der Waals surface area contributed by atoms with Crippen LogP contribution >= 0.6 is 0 Å². The van der Waals surface area contributed by atoms with E-state index < -0.39 is 5.60 Å². The maximum Gasteiger partial charge on any atom is 0.410 e. The normalized spacial score (nSPS) is 14.2. The van der Waals surface area contributed by atoms with Gasteiger partial charge in [-0.25, -0.2) is 4.79 Å². The SMILES string of the molecule is Cc1cccc(N2CC=C(c3nc(C)ccc3CN(C)CCN(C)C(=O)OC(C)(C)C)CC2)c1. The van der Waals surface area contributed by atoms with Crippen molar-refractivity contribution in [3.05, 3.63) is 65.0 Å². The minimum absolute atomic E-state index is 0.288. The molecule has 3 rings (SSSR count). The molecule has 1 amide bonds. The van der Waals surface area contributed by atoms with Crippen LogP contribution in [0, 0.1) is 13.8 Å². The number of anilines is 1. The molecule has 0 saturated carbocycles. The summed E-state index contributed by atoms with van der Waals surface area (Å²) in [6.45, 7) is 13.9. The molecule has 1 aromatic heterocycles. The number of aryl methyl sites for hydroxylation is 2. The fourth-order valence-electron chi connectivity index (χ4n) is 4.06. The van der Waals surface area contributed by atoms with Gasteiger partial charge in [-0.3, -0.25) is 4.98 Å². The molecular weight excluding hydrogens is 424 g/mol. The number of hydrogen-bond acceptors (Lipinski definition) is 5. The molecule has 34 heavy (non-hydrogen) atoms. The van der Waals surface area contributed by atoms with E-state index in [1.54, 1.807) is 11.9 Å². The Labute approximate surface area is 205 Å². The molecular formula is C28H40N4O2. The molecule has 0 saturated heterocycles. The third kappa shape index (κ3) is 7.32. The van der Waals surface area contributed by atoms with E-state index in [1.165, 1.54) is 22.4 Å². The van der Waals surface area contributed by atoms with Gasteiger partial charge < -0.3 is 19.4 Å². The Hall–Kier alpha value is -2.86. The molecule has 0 spiro atoms. The second-order valence-electron chi connectivity index (χ2n) is 10.4. The Morgan fingerprint density at radius 3 is 2.53 bits per heavy atom. The van der Waals surface area contributed by atoms with Gasteiger partial charge in [-0.05, 0) is 83.0 Å². The number of carbonyl (C=O) groups is 1. The van der Waals surface area contributed by atoms with Crippen molar-refractivity contribution in [2.45, 2.75) is 53.2 Å². The number of pyridine rings is 1. The fourth-order valence-corrected chi connectivity index (χ4v) is 4.06. The molecule has 0 N–H and O–H groups in total. The van der Waals surface area contributed by atoms with Crippen molar-refractivity contribution in [1.82, 2.24) is 14.8 Å². The summed E-state index contributed by atoms with van der Waals surface area (Å²) >= 11 is 0. The third-order valence-corrected chi connectivity index (χ3v) is 5.96. The van der Waals surface area contributed by atoms with E-state index in [1.807, 2.05) is 20.8 Å². The number of amides is 1. The molecule has 1 aromatic carbocycles. The maximum absolute atomic E-state index is 12.2. The van der Waals surface area contributed by atoms with E-state index in [-0.39, 0.29) is 6.09 Å². The van der Waals surface area contributed by atoms with Crippen molar-refractivity contribution < 1.29 is 9.53 Å². The zero-order valence-corrected chi connectivity index (χ0v) is 21.9. The molecule has 0 fully saturated rings. The average Bonchev–Trinajstić information content (AvgIpc) is 2.77. The summed E-state index contributed by atoms with van der Waals surface area (Å²) in [6, 6.07) is 13.0. The maximum atomic E-state index is 12.2. The van der Waals surface area contributed by atoms with Crippen LogP contribution in [-0.4, -0.2) is 66.8 Å². The largest absolute Gasteiger partial charge is 0.444 e. The highest BCUT2D eigenvalue weighted by atomic mass is 16.6. The number of hydrogen-bond donors (Lipinski definition) is 0. The number of carbonyl (C=O) groups excluding carboxylic acids is 1. The minimum Gasteiger partial charge on any atom is -0.444 e. The summed E-state index contributed by atoms with van der Waals surface area (Å²) in [5, 5.41) is 0. The lowest BCUT2D eigenvalue weighted by Gasteiger charge is -2.30. The second-order valence-corrected chi connectivity index (χ2v) is 10.4. The molecule has 0 unspecified atom stereocenters. The highest BCUT2D eigenvalue weighted by Crippen LogP contribution is 2.28. The van der Waals surface area contributed by atoms with Crippen LogP contribution in [0.1, 0.15) is 49.7 Å². The van der Waals surface area contributed by atoms with Gasteiger partial charge in [-0.1, -0.05) is 24.3 Å². The number of aromatic nitrogens is 1. The zero-order chi connectivity index (χ0) is 24.9. The van der Waals surface area contributed by atoms with Crippen LogP contribution in [0.25, 0.3) is 5.57 Å². The number of ether oxygens (including phenoxy) is 1. The van der Waals surface area contributed by atoms with Gasteiger partial charge in [0.25, 0.3) is 0 Å². The van der Waals surface area contributed by atoms with Gasteiger partial charge in [-0.15, -0.1) is 0 Å². The number of nitrogens with zero attached hydrogens (tertiary/aromatic N) is 4. The molecule has 2 aromatic rings. The van der Waals surface area contributed by atoms with E-state index in [4.69, 9.17) is 9.72 Å². The third-order valence-electron chi connectivity index (χ3n) is 5.96. The van der Waals surface area contributed by atoms with E-state index >= 15 is 0 Å². The highest BCUT2D eigenvalue weighted by Gasteiger charge is 2.21. The Kier molecular flexibility index (Phi) is 8.37. The van der Waals surface area contributed by atoms with Crippen molar-refractivity contribution >= 4 is 17.4 Å². The lowest BCUT2D eigenvalue weighted by molar-refractivity contribution is 0.0286. The van der Waals surface area contributed by atoms with Crippen molar-refractivity contribution in [2.75, 3.05) is 45.2 Å². The lowest BCUT2D eigenvalue weighted by atomic mass is 9.98. The van der Waals surface area contributed by atoms with Crippen LogP contribution in [-0.2, 0) is 11.3 Å². The van der Waals surface area contributed by atoms with Gasteiger partial charge >= 0.3 is 6.09 Å². The van der Waals surface area contributed by atoms with Crippen molar-refractivity contribution in [3.63, 3.8) is 0 Å². The minimum atomic E-state index is -0.484. The van der Waals surface area contributed by atoms with Crippen LogP contribution in [0.2, 0.25) is 0 Å². The summed E-state index contributed by atoms with van der Waals surface area (Å²) in [4.78, 5) is 23.5. The van der Waals surface area contributed by atoms with Crippen LogP contribution in [0.15, 0.2) is 42.5 Å². The Balaban J connectivity index is 1.64. The van der Waals surface area contributed by atoms with Gasteiger partial charge in [0.15, 0.2) is 0 Å². The monoisotopic (exact) mass is 464 g/mol. The van der Waals surface area contributed by atoms with Crippen LogP contribution in [0.3, 0.4) is 0 Å². The van der Waals surface area contributed by atoms with Gasteiger partial charge in [-0.2, -0.15) is 0 Å². The summed E-state index contributed by atoms with van der Waals surface area (Å²) in [6.07, 6.45) is 3.01. The Bertz CT molecular complexity index is 1030. The molecule has 6 heteroatoms. The van der Waals surface area contributed by atoms with Crippen LogP contribution in [0.4, 0.5) is 10.5 Å². The first-order chi connectivity index (χ1) is 16.0. The lowest BCUT2D eigenvalue weighted by Crippen LogP contribution is -2.38. The standard InChI is InChI=1S/C28H40N4O2/c1-21-9-8-10-25(19-21)32-15-13-23(14-16-32)26-24(12-11-22(2)29-26)20-30(6)17-18-31(7)27(33)34-28(3,4)5/h8-13,19H,14-18,20H2,1-7H3. The van der Waals surface area contributed by atoms with E-state index in [0.717, 1.165) is 44.0 Å². The predicted octanol–water partition coefficient (Wildman–Crippen LogP) is 5.29. The van der Waals surface area contributed by atoms with Crippen molar-refractivity contribution in [2.24, 2.45) is 0 Å². The van der Waals surface area contributed by atoms with Crippen LogP contribution < -0.4 is 4.90 Å². The number of rotatable bonds is 7. The first-order valence-electron chi connectivity index (χ1n) is 12.1. The first-order valence-corrected chi connectivity index (χ1v) is 12.1. The van der Waals surface area contributed by atoms with Gasteiger partial charge in [0.1, 0.15) is 5.60 Å². The predicted molar refractivity (Wildman–Crippen MR) is 140 cm³/mol. The molecule has 0 aliphatic carbocycles. The molecule has 1 aliphatic heterocycles. The Morgan fingerprint density at radius 1 is 1.12 bits per heavy atom. The average molecular weight is 465 g/mol. The van der Waals surface area contributed by atoms with Gasteiger partial charge in [0.2, 0.25) is 0 Å². The molecule has 0 bridgehead atoms. The van der Waals surface area contributed by atoms with Crippen LogP contribution in [0.5, 0.6) is 0 Å².